The first-order valence-corrected chi connectivity index (χ1v) is 8.74. The van der Waals surface area contributed by atoms with Gasteiger partial charge in [-0.15, -0.1) is 11.3 Å². The molecule has 0 aliphatic heterocycles. The number of carbonyl (C=O) groups excluding carboxylic acids is 1. The van der Waals surface area contributed by atoms with Crippen molar-refractivity contribution in [1.82, 2.24) is 0 Å². The maximum Gasteiger partial charge on any atom is 0.324 e. The number of thiophene rings is 2. The molecule has 3 aromatic rings. The average Bonchev–Trinajstić information content (AvgIpc) is 3.24. The van der Waals surface area contributed by atoms with Gasteiger partial charge in [-0.05, 0) is 23.6 Å². The molecule has 0 bridgehead atoms. The molecular weight excluding hydrogens is 370 g/mol. The molecule has 1 aromatic carbocycles. The first-order chi connectivity index (χ1) is 12.0. The lowest BCUT2D eigenvalue weighted by atomic mass is 10.2. The fourth-order valence-corrected chi connectivity index (χ4v) is 3.60. The summed E-state index contributed by atoms with van der Waals surface area (Å²) in [6.45, 7) is 0.0721. The molecule has 3 rings (SSSR count). The molecule has 0 aliphatic rings. The second-order valence-corrected chi connectivity index (χ2v) is 6.92. The predicted molar refractivity (Wildman–Crippen MR) is 92.2 cm³/mol. The van der Waals surface area contributed by atoms with Gasteiger partial charge in [0.25, 0.3) is 5.91 Å². The molecule has 0 aliphatic carbocycles. The third kappa shape index (κ3) is 3.72. The number of hydrogen-bond acceptors (Lipinski definition) is 5. The van der Waals surface area contributed by atoms with Crippen molar-refractivity contribution in [2.45, 2.75) is 6.54 Å². The van der Waals surface area contributed by atoms with Gasteiger partial charge < -0.3 is 4.90 Å². The third-order valence-corrected chi connectivity index (χ3v) is 5.09. The van der Waals surface area contributed by atoms with Crippen molar-refractivity contribution in [1.29, 1.82) is 0 Å². The molecular formula is C16H10F2N2O3S2. The first kappa shape index (κ1) is 17.2. The Morgan fingerprint density at radius 1 is 1.20 bits per heavy atom. The topological polar surface area (TPSA) is 63.4 Å². The van der Waals surface area contributed by atoms with E-state index in [0.717, 1.165) is 33.2 Å². The van der Waals surface area contributed by atoms with Gasteiger partial charge in [0.2, 0.25) is 0 Å². The molecule has 0 radical (unpaired) electrons. The minimum atomic E-state index is -0.880. The van der Waals surface area contributed by atoms with E-state index in [9.17, 15) is 23.7 Å². The summed E-state index contributed by atoms with van der Waals surface area (Å²) in [5.41, 5.74) is -0.00867. The number of carbonyl (C=O) groups is 1. The number of nitrogens with zero attached hydrogens (tertiary/aromatic N) is 2. The van der Waals surface area contributed by atoms with Gasteiger partial charge >= 0.3 is 5.00 Å². The summed E-state index contributed by atoms with van der Waals surface area (Å²) in [7, 11) is 0. The fourth-order valence-electron chi connectivity index (χ4n) is 2.21. The molecule has 0 N–H and O–H groups in total. The van der Waals surface area contributed by atoms with Crippen LogP contribution in [0, 0.1) is 21.7 Å². The Kier molecular flexibility index (Phi) is 4.86. The number of rotatable bonds is 5. The van der Waals surface area contributed by atoms with Crippen LogP contribution < -0.4 is 4.90 Å². The summed E-state index contributed by atoms with van der Waals surface area (Å²) in [6, 6.07) is 7.65. The zero-order valence-corrected chi connectivity index (χ0v) is 14.2. The van der Waals surface area contributed by atoms with Crippen LogP contribution in [0.25, 0.3) is 0 Å². The predicted octanol–water partition coefficient (Wildman–Crippen LogP) is 4.84. The van der Waals surface area contributed by atoms with E-state index in [1.54, 1.807) is 12.1 Å². The van der Waals surface area contributed by atoms with E-state index < -0.39 is 22.5 Å². The highest BCUT2D eigenvalue weighted by Crippen LogP contribution is 2.29. The lowest BCUT2D eigenvalue weighted by Gasteiger charge is -2.22. The number of anilines is 1. The smallest absolute Gasteiger partial charge is 0.300 e. The summed E-state index contributed by atoms with van der Waals surface area (Å²) >= 11 is 2.20. The fraction of sp³-hybridized carbons (Fsp3) is 0.0625. The normalized spacial score (nSPS) is 10.6. The van der Waals surface area contributed by atoms with Crippen LogP contribution in [-0.4, -0.2) is 10.8 Å². The standard InChI is InChI=1S/C16H10F2N2O3S2/c17-11-3-4-14(13(18)7-11)19(8-12-2-1-5-24-12)16(21)10-6-15(20(22)23)25-9-10/h1-7,9H,8H2. The molecule has 9 heteroatoms. The third-order valence-electron chi connectivity index (χ3n) is 3.35. The van der Waals surface area contributed by atoms with E-state index in [1.165, 1.54) is 22.8 Å². The Morgan fingerprint density at radius 2 is 2.00 bits per heavy atom. The summed E-state index contributed by atoms with van der Waals surface area (Å²) in [5.74, 6) is -2.23. The quantitative estimate of drug-likeness (QED) is 0.470. The van der Waals surface area contributed by atoms with E-state index in [0.29, 0.717) is 6.07 Å². The monoisotopic (exact) mass is 380 g/mol. The van der Waals surface area contributed by atoms with E-state index in [2.05, 4.69) is 0 Å². The SMILES string of the molecule is O=C(c1csc([N+](=O)[O-])c1)N(Cc1cccs1)c1ccc(F)cc1F. The van der Waals surface area contributed by atoms with Crippen LogP contribution >= 0.6 is 22.7 Å². The van der Waals surface area contributed by atoms with Gasteiger partial charge in [0.1, 0.15) is 11.6 Å². The lowest BCUT2D eigenvalue weighted by molar-refractivity contribution is -0.380. The second-order valence-electron chi connectivity index (χ2n) is 5.00. The van der Waals surface area contributed by atoms with Gasteiger partial charge in [-0.2, -0.15) is 0 Å². The van der Waals surface area contributed by atoms with Gasteiger partial charge in [0.15, 0.2) is 0 Å². The maximum absolute atomic E-state index is 14.2. The number of hydrogen-bond donors (Lipinski definition) is 0. The number of benzene rings is 1. The van der Waals surface area contributed by atoms with Gasteiger partial charge in [0, 0.05) is 22.4 Å². The summed E-state index contributed by atoms with van der Waals surface area (Å²) in [5, 5.41) is 13.8. The molecule has 0 spiro atoms. The van der Waals surface area contributed by atoms with Gasteiger partial charge in [-0.25, -0.2) is 8.78 Å². The van der Waals surface area contributed by atoms with E-state index in [-0.39, 0.29) is 22.8 Å². The van der Waals surface area contributed by atoms with Gasteiger partial charge in [-0.1, -0.05) is 17.4 Å². The zero-order chi connectivity index (χ0) is 18.0. The molecule has 25 heavy (non-hydrogen) atoms. The number of nitro groups is 1. The highest BCUT2D eigenvalue weighted by molar-refractivity contribution is 7.13. The van der Waals surface area contributed by atoms with Crippen molar-refractivity contribution < 1.29 is 18.5 Å². The Labute approximate surface area is 148 Å². The van der Waals surface area contributed by atoms with Crippen LogP contribution in [-0.2, 0) is 6.54 Å². The Hall–Kier alpha value is -2.65. The zero-order valence-electron chi connectivity index (χ0n) is 12.5. The largest absolute Gasteiger partial charge is 0.324 e. The highest BCUT2D eigenvalue weighted by Gasteiger charge is 2.24. The first-order valence-electron chi connectivity index (χ1n) is 6.98. The molecule has 0 saturated carbocycles. The van der Waals surface area contributed by atoms with Crippen molar-refractivity contribution >= 4 is 39.3 Å². The van der Waals surface area contributed by atoms with Crippen LogP contribution in [0.2, 0.25) is 0 Å². The van der Waals surface area contributed by atoms with E-state index >= 15 is 0 Å². The second kappa shape index (κ2) is 7.08. The molecule has 2 aromatic heterocycles. The van der Waals surface area contributed by atoms with Crippen molar-refractivity contribution in [3.8, 4) is 0 Å². The molecule has 0 fully saturated rings. The number of halogens is 2. The Bertz CT molecular complexity index is 925. The molecule has 128 valence electrons. The average molecular weight is 380 g/mol. The van der Waals surface area contributed by atoms with Crippen LogP contribution in [0.4, 0.5) is 19.5 Å². The van der Waals surface area contributed by atoms with Crippen molar-refractivity contribution in [2.75, 3.05) is 4.90 Å². The number of amides is 1. The summed E-state index contributed by atoms with van der Waals surface area (Å²) in [6.07, 6.45) is 0. The van der Waals surface area contributed by atoms with Gasteiger partial charge in [-0.3, -0.25) is 14.9 Å². The molecule has 0 saturated heterocycles. The van der Waals surface area contributed by atoms with Crippen LogP contribution in [0.3, 0.4) is 0 Å². The van der Waals surface area contributed by atoms with Crippen LogP contribution in [0.5, 0.6) is 0 Å². The van der Waals surface area contributed by atoms with E-state index in [4.69, 9.17) is 0 Å². The molecule has 5 nitrogen and oxygen atoms in total. The van der Waals surface area contributed by atoms with Crippen LogP contribution in [0.1, 0.15) is 15.2 Å². The summed E-state index contributed by atoms with van der Waals surface area (Å²) in [4.78, 5) is 25.0. The molecule has 0 unspecified atom stereocenters. The Balaban J connectivity index is 2.00. The molecule has 1 amide bonds. The van der Waals surface area contributed by atoms with Gasteiger partial charge in [0.05, 0.1) is 22.7 Å². The minimum Gasteiger partial charge on any atom is -0.300 e. The van der Waals surface area contributed by atoms with Crippen molar-refractivity contribution in [3.63, 3.8) is 0 Å². The van der Waals surface area contributed by atoms with Crippen LogP contribution in [0.15, 0.2) is 47.2 Å². The van der Waals surface area contributed by atoms with Crippen molar-refractivity contribution in [3.05, 3.63) is 79.3 Å². The minimum absolute atomic E-state index is 0.0721. The van der Waals surface area contributed by atoms with Crippen molar-refractivity contribution in [2.24, 2.45) is 0 Å². The van der Waals surface area contributed by atoms with E-state index in [1.807, 2.05) is 5.38 Å². The lowest BCUT2D eigenvalue weighted by Crippen LogP contribution is -2.30. The molecule has 2 heterocycles. The maximum atomic E-state index is 14.2. The highest BCUT2D eigenvalue weighted by atomic mass is 32.1. The Morgan fingerprint density at radius 3 is 2.60 bits per heavy atom. The summed E-state index contributed by atoms with van der Waals surface area (Å²) < 4.78 is 27.4. The molecule has 0 atom stereocenters.